The smallest absolute Gasteiger partial charge is 0.293 e. The number of nitrogens with zero attached hydrogens (tertiary/aromatic N) is 3. The van der Waals surface area contributed by atoms with E-state index in [1.54, 1.807) is 12.1 Å². The van der Waals surface area contributed by atoms with E-state index in [2.05, 4.69) is 10.4 Å². The Morgan fingerprint density at radius 2 is 1.91 bits per heavy atom. The Kier molecular flexibility index (Phi) is 6.13. The van der Waals surface area contributed by atoms with Crippen molar-refractivity contribution < 1.29 is 23.2 Å². The van der Waals surface area contributed by atoms with Gasteiger partial charge in [-0.3, -0.25) is 19.3 Å². The first-order valence-corrected chi connectivity index (χ1v) is 10.3. The lowest BCUT2D eigenvalue weighted by Gasteiger charge is -2.12. The third-order valence-corrected chi connectivity index (χ3v) is 5.49. The van der Waals surface area contributed by atoms with Gasteiger partial charge < -0.3 is 5.32 Å². The molecule has 3 amide bonds. The summed E-state index contributed by atoms with van der Waals surface area (Å²) in [7, 11) is 0. The fourth-order valence-corrected chi connectivity index (χ4v) is 3.86. The summed E-state index contributed by atoms with van der Waals surface area (Å²) in [4.78, 5) is 38.1. The van der Waals surface area contributed by atoms with Gasteiger partial charge in [0.15, 0.2) is 5.69 Å². The number of amides is 3. The van der Waals surface area contributed by atoms with Crippen LogP contribution < -0.4 is 5.32 Å². The van der Waals surface area contributed by atoms with E-state index >= 15 is 0 Å². The maximum Gasteiger partial charge on any atom is 0.293 e. The number of hydrogen-bond donors (Lipinski definition) is 1. The molecule has 1 aliphatic heterocycles. The average Bonchev–Trinajstić information content (AvgIpc) is 3.36. The maximum atomic E-state index is 13.8. The standard InChI is InChI=1S/C22H16F2N4O3S/c23-15-5-3-6-16(13-15)28-10-8-18(26-28)20(29)25-9-11-27-21(30)19(32-22(27)31)12-14-4-1-2-7-17(14)24/h1-8,10,12-13H,9,11H2,(H,25,29)/b19-12-. The SMILES string of the molecule is O=C(NCCN1C(=O)S/C(=C\c2ccccc2F)C1=O)c1ccn(-c2cccc(F)c2)n1. The van der Waals surface area contributed by atoms with Crippen LogP contribution in [0.5, 0.6) is 0 Å². The van der Waals surface area contributed by atoms with E-state index < -0.39 is 28.7 Å². The highest BCUT2D eigenvalue weighted by atomic mass is 32.2. The molecule has 1 aliphatic rings. The molecular weight excluding hydrogens is 438 g/mol. The minimum Gasteiger partial charge on any atom is -0.349 e. The predicted octanol–water partition coefficient (Wildman–Crippen LogP) is 3.62. The monoisotopic (exact) mass is 454 g/mol. The van der Waals surface area contributed by atoms with Crippen LogP contribution in [0.15, 0.2) is 65.7 Å². The molecule has 10 heteroatoms. The van der Waals surface area contributed by atoms with Gasteiger partial charge in [-0.15, -0.1) is 0 Å². The van der Waals surface area contributed by atoms with E-state index in [-0.39, 0.29) is 29.3 Å². The number of imide groups is 1. The Morgan fingerprint density at radius 1 is 1.09 bits per heavy atom. The summed E-state index contributed by atoms with van der Waals surface area (Å²) in [5.74, 6) is -1.98. The van der Waals surface area contributed by atoms with E-state index in [0.717, 1.165) is 4.90 Å². The number of aromatic nitrogens is 2. The highest BCUT2D eigenvalue weighted by molar-refractivity contribution is 8.18. The predicted molar refractivity (Wildman–Crippen MR) is 115 cm³/mol. The summed E-state index contributed by atoms with van der Waals surface area (Å²) in [6.07, 6.45) is 2.85. The fraction of sp³-hybridized carbons (Fsp3) is 0.0909. The van der Waals surface area contributed by atoms with Crippen LogP contribution in [0.2, 0.25) is 0 Å². The van der Waals surface area contributed by atoms with E-state index in [0.29, 0.717) is 17.4 Å². The molecule has 0 radical (unpaired) electrons. The molecule has 0 unspecified atom stereocenters. The number of carbonyl (C=O) groups is 3. The molecule has 32 heavy (non-hydrogen) atoms. The summed E-state index contributed by atoms with van der Waals surface area (Å²) in [5, 5.41) is 6.21. The molecule has 1 fully saturated rings. The molecule has 1 aromatic heterocycles. The van der Waals surface area contributed by atoms with Crippen molar-refractivity contribution in [3.63, 3.8) is 0 Å². The Labute approximate surface area is 185 Å². The van der Waals surface area contributed by atoms with Crippen molar-refractivity contribution in [1.29, 1.82) is 0 Å². The van der Waals surface area contributed by atoms with Gasteiger partial charge in [0.05, 0.1) is 10.6 Å². The highest BCUT2D eigenvalue weighted by Crippen LogP contribution is 2.32. The zero-order valence-corrected chi connectivity index (χ0v) is 17.3. The summed E-state index contributed by atoms with van der Waals surface area (Å²) < 4.78 is 28.5. The minimum atomic E-state index is -0.548. The number of benzene rings is 2. The van der Waals surface area contributed by atoms with Gasteiger partial charge in [0.1, 0.15) is 11.6 Å². The number of thioether (sulfide) groups is 1. The van der Waals surface area contributed by atoms with Crippen molar-refractivity contribution in [1.82, 2.24) is 20.0 Å². The molecule has 0 bridgehead atoms. The van der Waals surface area contributed by atoms with Crippen LogP contribution in [0.3, 0.4) is 0 Å². The van der Waals surface area contributed by atoms with Crippen molar-refractivity contribution >= 4 is 34.9 Å². The van der Waals surface area contributed by atoms with Crippen molar-refractivity contribution in [3.8, 4) is 5.69 Å². The van der Waals surface area contributed by atoms with E-state index in [4.69, 9.17) is 0 Å². The second kappa shape index (κ2) is 9.15. The summed E-state index contributed by atoms with van der Waals surface area (Å²) in [6, 6.07) is 13.2. The fourth-order valence-electron chi connectivity index (χ4n) is 3.01. The Bertz CT molecular complexity index is 1240. The third kappa shape index (κ3) is 4.59. The lowest BCUT2D eigenvalue weighted by molar-refractivity contribution is -0.122. The molecule has 0 saturated carbocycles. The summed E-state index contributed by atoms with van der Waals surface area (Å²) >= 11 is 0.715. The number of nitrogens with one attached hydrogen (secondary N) is 1. The second-order valence-electron chi connectivity index (χ2n) is 6.74. The average molecular weight is 454 g/mol. The van der Waals surface area contributed by atoms with Gasteiger partial charge in [0.25, 0.3) is 17.1 Å². The van der Waals surface area contributed by atoms with Gasteiger partial charge in [-0.25, -0.2) is 13.5 Å². The Balaban J connectivity index is 1.35. The number of carbonyl (C=O) groups excluding carboxylic acids is 3. The topological polar surface area (TPSA) is 84.3 Å². The van der Waals surface area contributed by atoms with E-state index in [1.807, 2.05) is 0 Å². The van der Waals surface area contributed by atoms with Gasteiger partial charge in [0, 0.05) is 24.8 Å². The first-order valence-electron chi connectivity index (χ1n) is 9.52. The molecule has 1 N–H and O–H groups in total. The Morgan fingerprint density at radius 3 is 2.69 bits per heavy atom. The van der Waals surface area contributed by atoms with Gasteiger partial charge in [0.2, 0.25) is 0 Å². The second-order valence-corrected chi connectivity index (χ2v) is 7.73. The maximum absolute atomic E-state index is 13.8. The van der Waals surface area contributed by atoms with Crippen LogP contribution in [0, 0.1) is 11.6 Å². The molecule has 162 valence electrons. The zero-order chi connectivity index (χ0) is 22.7. The van der Waals surface area contributed by atoms with Crippen LogP contribution in [-0.4, -0.2) is 44.8 Å². The molecule has 0 aliphatic carbocycles. The normalized spacial score (nSPS) is 14.9. The quantitative estimate of drug-likeness (QED) is 0.576. The van der Waals surface area contributed by atoms with Crippen molar-refractivity contribution in [2.75, 3.05) is 13.1 Å². The van der Waals surface area contributed by atoms with Crippen LogP contribution in [0.1, 0.15) is 16.1 Å². The summed E-state index contributed by atoms with van der Waals surface area (Å²) in [5.41, 5.74) is 0.770. The molecule has 7 nitrogen and oxygen atoms in total. The molecule has 4 rings (SSSR count). The van der Waals surface area contributed by atoms with Crippen LogP contribution in [-0.2, 0) is 4.79 Å². The van der Waals surface area contributed by atoms with E-state index in [1.165, 1.54) is 59.4 Å². The molecule has 2 heterocycles. The molecule has 0 atom stereocenters. The van der Waals surface area contributed by atoms with Gasteiger partial charge in [-0.1, -0.05) is 24.3 Å². The third-order valence-electron chi connectivity index (χ3n) is 4.58. The van der Waals surface area contributed by atoms with Crippen molar-refractivity contribution in [2.24, 2.45) is 0 Å². The zero-order valence-electron chi connectivity index (χ0n) is 16.5. The van der Waals surface area contributed by atoms with Gasteiger partial charge >= 0.3 is 0 Å². The van der Waals surface area contributed by atoms with Gasteiger partial charge in [-0.05, 0) is 48.2 Å². The van der Waals surface area contributed by atoms with Crippen LogP contribution in [0.25, 0.3) is 11.8 Å². The van der Waals surface area contributed by atoms with Crippen molar-refractivity contribution in [3.05, 3.63) is 88.6 Å². The number of halogens is 2. The molecular formula is C22H16F2N4O3S. The van der Waals surface area contributed by atoms with Crippen LogP contribution in [0.4, 0.5) is 13.6 Å². The minimum absolute atomic E-state index is 0.0106. The number of hydrogen-bond acceptors (Lipinski definition) is 5. The lowest BCUT2D eigenvalue weighted by atomic mass is 10.2. The first kappa shape index (κ1) is 21.4. The van der Waals surface area contributed by atoms with Crippen molar-refractivity contribution in [2.45, 2.75) is 0 Å². The van der Waals surface area contributed by atoms with Gasteiger partial charge in [-0.2, -0.15) is 5.10 Å². The molecule has 3 aromatic rings. The molecule has 1 saturated heterocycles. The first-order chi connectivity index (χ1) is 15.4. The summed E-state index contributed by atoms with van der Waals surface area (Å²) in [6.45, 7) is -0.0354. The molecule has 2 aromatic carbocycles. The number of rotatable bonds is 6. The molecule has 0 spiro atoms. The Hall–Kier alpha value is -3.79. The largest absolute Gasteiger partial charge is 0.349 e. The van der Waals surface area contributed by atoms with Crippen LogP contribution >= 0.6 is 11.8 Å². The van der Waals surface area contributed by atoms with E-state index in [9.17, 15) is 23.2 Å². The highest BCUT2D eigenvalue weighted by Gasteiger charge is 2.34. The lowest BCUT2D eigenvalue weighted by Crippen LogP contribution is -2.37.